The van der Waals surface area contributed by atoms with Gasteiger partial charge in [-0.25, -0.2) is 9.59 Å². The van der Waals surface area contributed by atoms with Crippen LogP contribution in [-0.4, -0.2) is 46.1 Å². The third kappa shape index (κ3) is 4.78. The molecule has 82 valence electrons. The maximum Gasteiger partial charge on any atom is 0.334 e. The van der Waals surface area contributed by atoms with Crippen molar-refractivity contribution in [2.24, 2.45) is 0 Å². The molecule has 0 aliphatic rings. The number of ether oxygens (including phenoxy) is 1. The van der Waals surface area contributed by atoms with Crippen LogP contribution in [0, 0.1) is 0 Å². The Kier molecular flexibility index (Phi) is 5.82. The second kappa shape index (κ2) is 6.33. The molecule has 0 radical (unpaired) electrons. The van der Waals surface area contributed by atoms with Gasteiger partial charge in [0.25, 0.3) is 0 Å². The Morgan fingerprint density at radius 1 is 1.21 bits per heavy atom. The van der Waals surface area contributed by atoms with Crippen LogP contribution < -0.4 is 0 Å². The Bertz CT molecular complexity index is 202. The van der Waals surface area contributed by atoms with Crippen molar-refractivity contribution in [2.45, 2.75) is 32.0 Å². The highest BCUT2D eigenvalue weighted by atomic mass is 16.5. The van der Waals surface area contributed by atoms with Crippen molar-refractivity contribution >= 4 is 11.9 Å². The molecular formula is C8H14O6. The molecule has 14 heavy (non-hydrogen) atoms. The minimum atomic E-state index is -1.56. The summed E-state index contributed by atoms with van der Waals surface area (Å²) in [4.78, 5) is 21.0. The van der Waals surface area contributed by atoms with Crippen LogP contribution in [0.1, 0.15) is 19.8 Å². The average molecular weight is 206 g/mol. The molecule has 0 saturated carbocycles. The van der Waals surface area contributed by atoms with Crippen LogP contribution in [0.25, 0.3) is 0 Å². The van der Waals surface area contributed by atoms with E-state index < -0.39 is 24.1 Å². The van der Waals surface area contributed by atoms with E-state index in [4.69, 9.17) is 15.3 Å². The molecule has 0 aromatic carbocycles. The first-order valence-corrected chi connectivity index (χ1v) is 4.24. The molecular weight excluding hydrogens is 192 g/mol. The molecule has 3 N–H and O–H groups in total. The fourth-order valence-electron chi connectivity index (χ4n) is 0.796. The van der Waals surface area contributed by atoms with Gasteiger partial charge in [-0.15, -0.1) is 0 Å². The summed E-state index contributed by atoms with van der Waals surface area (Å²) in [6.07, 6.45) is -3.25. The zero-order chi connectivity index (χ0) is 11.1. The first-order valence-electron chi connectivity index (χ1n) is 4.24. The topological polar surface area (TPSA) is 104 Å². The molecule has 0 saturated heterocycles. The number of esters is 1. The number of carbonyl (C=O) groups is 2. The molecule has 0 spiro atoms. The van der Waals surface area contributed by atoms with Gasteiger partial charge in [-0.05, 0) is 19.8 Å². The van der Waals surface area contributed by atoms with Crippen molar-refractivity contribution < 1.29 is 29.6 Å². The van der Waals surface area contributed by atoms with Gasteiger partial charge in [0.15, 0.2) is 12.2 Å². The monoisotopic (exact) mass is 206 g/mol. The first-order chi connectivity index (χ1) is 6.49. The van der Waals surface area contributed by atoms with Gasteiger partial charge in [-0.3, -0.25) is 0 Å². The summed E-state index contributed by atoms with van der Waals surface area (Å²) in [5, 5.41) is 26.2. The Balaban J connectivity index is 3.78. The lowest BCUT2D eigenvalue weighted by Gasteiger charge is -2.10. The van der Waals surface area contributed by atoms with Gasteiger partial charge >= 0.3 is 11.9 Å². The highest BCUT2D eigenvalue weighted by Crippen LogP contribution is 2.03. The number of aliphatic hydroxyl groups excluding tert-OH is 2. The van der Waals surface area contributed by atoms with Gasteiger partial charge in [0, 0.05) is 0 Å². The molecule has 0 aliphatic carbocycles. The van der Waals surface area contributed by atoms with E-state index in [1.807, 2.05) is 0 Å². The number of carboxylic acid groups (broad SMARTS) is 1. The predicted molar refractivity (Wildman–Crippen MR) is 45.5 cm³/mol. The summed E-state index contributed by atoms with van der Waals surface area (Å²) >= 11 is 0. The largest absolute Gasteiger partial charge is 0.479 e. The Hall–Kier alpha value is -1.14. The van der Waals surface area contributed by atoms with Crippen LogP contribution in [0.2, 0.25) is 0 Å². The molecule has 0 aromatic rings. The van der Waals surface area contributed by atoms with Gasteiger partial charge in [0.2, 0.25) is 0 Å². The Labute approximate surface area is 81.1 Å². The lowest BCUT2D eigenvalue weighted by molar-refractivity contribution is -0.155. The summed E-state index contributed by atoms with van der Waals surface area (Å²) in [6, 6.07) is 0. The van der Waals surface area contributed by atoms with E-state index in [1.165, 1.54) is 0 Å². The molecule has 0 fully saturated rings. The van der Waals surface area contributed by atoms with E-state index in [0.29, 0.717) is 0 Å². The van der Waals surface area contributed by atoms with Crippen LogP contribution in [0.5, 0.6) is 0 Å². The molecule has 2 atom stereocenters. The van der Waals surface area contributed by atoms with Gasteiger partial charge in [-0.2, -0.15) is 0 Å². The van der Waals surface area contributed by atoms with E-state index >= 15 is 0 Å². The average Bonchev–Trinajstić information content (AvgIpc) is 2.13. The number of hydrogen-bond acceptors (Lipinski definition) is 5. The maximum atomic E-state index is 10.8. The van der Waals surface area contributed by atoms with Crippen LogP contribution in [0.15, 0.2) is 0 Å². The third-order valence-electron chi connectivity index (χ3n) is 1.56. The number of rotatable bonds is 6. The third-order valence-corrected chi connectivity index (χ3v) is 1.56. The number of hydrogen-bond donors (Lipinski definition) is 3. The molecule has 6 nitrogen and oxygen atoms in total. The van der Waals surface area contributed by atoms with Crippen LogP contribution >= 0.6 is 0 Å². The van der Waals surface area contributed by atoms with Gasteiger partial charge in [0.1, 0.15) is 0 Å². The normalized spacial score (nSPS) is 14.5. The van der Waals surface area contributed by atoms with Crippen molar-refractivity contribution in [3.8, 4) is 0 Å². The summed E-state index contributed by atoms with van der Waals surface area (Å²) in [5.74, 6) is -2.17. The van der Waals surface area contributed by atoms with Crippen molar-refractivity contribution in [3.05, 3.63) is 0 Å². The Morgan fingerprint density at radius 2 is 1.71 bits per heavy atom. The fourth-order valence-corrected chi connectivity index (χ4v) is 0.796. The summed E-state index contributed by atoms with van der Waals surface area (Å²) in [6.45, 7) is 1.74. The molecule has 2 unspecified atom stereocenters. The lowest BCUT2D eigenvalue weighted by Crippen LogP contribution is -2.27. The standard InChI is InChI=1S/C8H14O6/c1-2-14-8(13)6(10)4-3-5(9)7(11)12/h5-6,9-10H,2-4H2,1H3,(H,11,12). The highest BCUT2D eigenvalue weighted by Gasteiger charge is 2.20. The smallest absolute Gasteiger partial charge is 0.334 e. The van der Waals surface area contributed by atoms with Crippen LogP contribution in [0.3, 0.4) is 0 Å². The molecule has 0 heterocycles. The number of carbonyl (C=O) groups excluding carboxylic acids is 1. The first kappa shape index (κ1) is 12.9. The summed E-state index contributed by atoms with van der Waals surface area (Å²) in [7, 11) is 0. The summed E-state index contributed by atoms with van der Waals surface area (Å²) in [5.41, 5.74) is 0. The van der Waals surface area contributed by atoms with Crippen molar-refractivity contribution in [2.75, 3.05) is 6.61 Å². The van der Waals surface area contributed by atoms with Crippen LogP contribution in [0.4, 0.5) is 0 Å². The van der Waals surface area contributed by atoms with Gasteiger partial charge < -0.3 is 20.1 Å². The van der Waals surface area contributed by atoms with E-state index in [2.05, 4.69) is 4.74 Å². The molecule has 0 amide bonds. The number of aliphatic hydroxyl groups is 2. The molecule has 0 aliphatic heterocycles. The van der Waals surface area contributed by atoms with Crippen molar-refractivity contribution in [3.63, 3.8) is 0 Å². The molecule has 6 heteroatoms. The maximum absolute atomic E-state index is 10.8. The highest BCUT2D eigenvalue weighted by molar-refractivity contribution is 5.75. The minimum absolute atomic E-state index is 0.133. The number of carboxylic acids is 1. The van der Waals surface area contributed by atoms with E-state index in [-0.39, 0.29) is 19.4 Å². The zero-order valence-electron chi connectivity index (χ0n) is 7.84. The fraction of sp³-hybridized carbons (Fsp3) is 0.750. The summed E-state index contributed by atoms with van der Waals surface area (Å²) < 4.78 is 4.48. The number of aliphatic carboxylic acids is 1. The Morgan fingerprint density at radius 3 is 2.14 bits per heavy atom. The van der Waals surface area contributed by atoms with Crippen LogP contribution in [-0.2, 0) is 14.3 Å². The minimum Gasteiger partial charge on any atom is -0.479 e. The zero-order valence-corrected chi connectivity index (χ0v) is 7.84. The van der Waals surface area contributed by atoms with E-state index in [9.17, 15) is 9.59 Å². The molecule has 0 rings (SSSR count). The van der Waals surface area contributed by atoms with E-state index in [0.717, 1.165) is 0 Å². The van der Waals surface area contributed by atoms with Crippen molar-refractivity contribution in [1.82, 2.24) is 0 Å². The molecule has 0 aromatic heterocycles. The predicted octanol–water partition coefficient (Wildman–Crippen LogP) is -0.864. The lowest BCUT2D eigenvalue weighted by atomic mass is 10.1. The van der Waals surface area contributed by atoms with Crippen molar-refractivity contribution in [1.29, 1.82) is 0 Å². The molecule has 0 bridgehead atoms. The van der Waals surface area contributed by atoms with E-state index in [1.54, 1.807) is 6.92 Å². The van der Waals surface area contributed by atoms with Gasteiger partial charge in [0.05, 0.1) is 6.61 Å². The SMILES string of the molecule is CCOC(=O)C(O)CCC(O)C(=O)O. The van der Waals surface area contributed by atoms with Gasteiger partial charge in [-0.1, -0.05) is 0 Å². The second-order valence-electron chi connectivity index (χ2n) is 2.70. The quantitative estimate of drug-likeness (QED) is 0.488. The second-order valence-corrected chi connectivity index (χ2v) is 2.70.